The number of aromatic nitrogens is 1. The van der Waals surface area contributed by atoms with Crippen molar-refractivity contribution in [2.45, 2.75) is 6.54 Å². The van der Waals surface area contributed by atoms with Crippen LogP contribution in [0.1, 0.15) is 5.56 Å². The Morgan fingerprint density at radius 3 is 2.91 bits per heavy atom. The minimum atomic E-state index is -0.334. The van der Waals surface area contributed by atoms with Crippen molar-refractivity contribution < 1.29 is 14.3 Å². The number of anilines is 3. The zero-order chi connectivity index (χ0) is 16.2. The maximum absolute atomic E-state index is 11.3. The fourth-order valence-corrected chi connectivity index (χ4v) is 2.11. The Hall–Kier alpha value is -3.22. The molecule has 2 heterocycles. The lowest BCUT2D eigenvalue weighted by Crippen LogP contribution is -2.11. The summed E-state index contributed by atoms with van der Waals surface area (Å²) in [6.07, 6.45) is 1.17. The van der Waals surface area contributed by atoms with Gasteiger partial charge in [0.2, 0.25) is 12.7 Å². The molecule has 0 atom stereocenters. The van der Waals surface area contributed by atoms with Crippen LogP contribution in [0.25, 0.3) is 0 Å². The van der Waals surface area contributed by atoms with Gasteiger partial charge in [0.25, 0.3) is 0 Å². The minimum Gasteiger partial charge on any atom is -0.454 e. The van der Waals surface area contributed by atoms with Crippen LogP contribution in [-0.4, -0.2) is 17.7 Å². The topological polar surface area (TPSA) is 98.5 Å². The van der Waals surface area contributed by atoms with Crippen LogP contribution in [-0.2, 0) is 11.3 Å². The number of carbonyl (C=O) groups excluding carboxylic acids is 1. The van der Waals surface area contributed by atoms with E-state index in [1.807, 2.05) is 18.2 Å². The molecule has 1 amide bonds. The number of amides is 1. The van der Waals surface area contributed by atoms with E-state index < -0.39 is 0 Å². The smallest absolute Gasteiger partial charge is 0.247 e. The summed E-state index contributed by atoms with van der Waals surface area (Å²) in [6, 6.07) is 9.16. The Labute approximate surface area is 133 Å². The molecule has 1 aromatic carbocycles. The minimum absolute atomic E-state index is 0.232. The summed E-state index contributed by atoms with van der Waals surface area (Å²) in [4.78, 5) is 15.5. The van der Waals surface area contributed by atoms with Crippen LogP contribution in [0, 0.1) is 0 Å². The number of benzene rings is 1. The molecule has 0 fully saturated rings. The van der Waals surface area contributed by atoms with E-state index >= 15 is 0 Å². The van der Waals surface area contributed by atoms with E-state index in [4.69, 9.17) is 15.2 Å². The molecule has 7 heteroatoms. The third-order valence-corrected chi connectivity index (χ3v) is 3.28. The van der Waals surface area contributed by atoms with Gasteiger partial charge in [-0.3, -0.25) is 4.79 Å². The van der Waals surface area contributed by atoms with E-state index in [0.29, 0.717) is 18.1 Å². The van der Waals surface area contributed by atoms with Crippen LogP contribution in [0.15, 0.2) is 43.0 Å². The second kappa shape index (κ2) is 6.27. The van der Waals surface area contributed by atoms with Crippen molar-refractivity contribution in [1.82, 2.24) is 4.98 Å². The van der Waals surface area contributed by atoms with Gasteiger partial charge < -0.3 is 25.8 Å². The van der Waals surface area contributed by atoms with E-state index in [0.717, 1.165) is 17.1 Å². The molecule has 1 aromatic heterocycles. The highest BCUT2D eigenvalue weighted by molar-refractivity contribution is 6.00. The van der Waals surface area contributed by atoms with Gasteiger partial charge in [0.1, 0.15) is 11.6 Å². The molecule has 0 radical (unpaired) electrons. The molecule has 23 heavy (non-hydrogen) atoms. The van der Waals surface area contributed by atoms with Gasteiger partial charge >= 0.3 is 0 Å². The maximum atomic E-state index is 11.3. The third kappa shape index (κ3) is 3.34. The Bertz CT molecular complexity index is 761. The van der Waals surface area contributed by atoms with Gasteiger partial charge in [0.05, 0.1) is 5.69 Å². The van der Waals surface area contributed by atoms with E-state index in [2.05, 4.69) is 22.2 Å². The predicted octanol–water partition coefficient (Wildman–Crippen LogP) is 2.13. The number of hydrogen-bond donors (Lipinski definition) is 3. The maximum Gasteiger partial charge on any atom is 0.247 e. The van der Waals surface area contributed by atoms with Crippen LogP contribution in [0.3, 0.4) is 0 Å². The molecule has 2 aromatic rings. The summed E-state index contributed by atoms with van der Waals surface area (Å²) < 4.78 is 10.6. The molecule has 0 bridgehead atoms. The van der Waals surface area contributed by atoms with Crippen LogP contribution >= 0.6 is 0 Å². The first kappa shape index (κ1) is 14.7. The number of nitrogens with one attached hydrogen (secondary N) is 2. The summed E-state index contributed by atoms with van der Waals surface area (Å²) in [5.74, 6) is 1.99. The highest BCUT2D eigenvalue weighted by Crippen LogP contribution is 2.32. The molecular formula is C16H16N4O3. The van der Waals surface area contributed by atoms with E-state index in [1.165, 1.54) is 6.08 Å². The number of rotatable bonds is 5. The van der Waals surface area contributed by atoms with E-state index in [-0.39, 0.29) is 18.5 Å². The molecule has 0 unspecified atom stereocenters. The summed E-state index contributed by atoms with van der Waals surface area (Å²) in [5.41, 5.74) is 7.30. The van der Waals surface area contributed by atoms with Crippen molar-refractivity contribution in [3.63, 3.8) is 0 Å². The molecule has 1 aliphatic heterocycles. The summed E-state index contributed by atoms with van der Waals surface area (Å²) in [6.45, 7) is 4.20. The van der Waals surface area contributed by atoms with Crippen LogP contribution in [0.4, 0.5) is 17.3 Å². The SMILES string of the molecule is C=CC(=O)Nc1ccc(NCc2ccc3c(c2)OCO3)nc1N. The summed E-state index contributed by atoms with van der Waals surface area (Å²) in [7, 11) is 0. The Kier molecular flexibility index (Phi) is 4.01. The zero-order valence-corrected chi connectivity index (χ0v) is 12.3. The number of hydrogen-bond acceptors (Lipinski definition) is 6. The van der Waals surface area contributed by atoms with Gasteiger partial charge in [-0.25, -0.2) is 4.98 Å². The normalized spacial score (nSPS) is 11.8. The second-order valence-corrected chi connectivity index (χ2v) is 4.86. The molecule has 7 nitrogen and oxygen atoms in total. The van der Waals surface area contributed by atoms with Gasteiger partial charge in [-0.05, 0) is 35.9 Å². The molecule has 1 aliphatic rings. The number of ether oxygens (including phenoxy) is 2. The Balaban J connectivity index is 1.65. The molecule has 0 aliphatic carbocycles. The molecule has 3 rings (SSSR count). The lowest BCUT2D eigenvalue weighted by Gasteiger charge is -2.10. The Morgan fingerprint density at radius 2 is 2.13 bits per heavy atom. The lowest BCUT2D eigenvalue weighted by molar-refractivity contribution is -0.111. The Morgan fingerprint density at radius 1 is 1.30 bits per heavy atom. The monoisotopic (exact) mass is 312 g/mol. The van der Waals surface area contributed by atoms with Crippen molar-refractivity contribution in [3.8, 4) is 11.5 Å². The van der Waals surface area contributed by atoms with Gasteiger partial charge in [0.15, 0.2) is 11.5 Å². The van der Waals surface area contributed by atoms with Crippen LogP contribution < -0.4 is 25.8 Å². The van der Waals surface area contributed by atoms with Crippen molar-refractivity contribution >= 4 is 23.2 Å². The average molecular weight is 312 g/mol. The molecule has 0 spiro atoms. The van der Waals surface area contributed by atoms with Crippen molar-refractivity contribution in [1.29, 1.82) is 0 Å². The summed E-state index contributed by atoms with van der Waals surface area (Å²) >= 11 is 0. The largest absolute Gasteiger partial charge is 0.454 e. The average Bonchev–Trinajstić information content (AvgIpc) is 3.02. The second-order valence-electron chi connectivity index (χ2n) is 4.86. The van der Waals surface area contributed by atoms with Gasteiger partial charge in [-0.15, -0.1) is 0 Å². The molecule has 4 N–H and O–H groups in total. The molecular weight excluding hydrogens is 296 g/mol. The number of fused-ring (bicyclic) bond motifs is 1. The first-order valence-corrected chi connectivity index (χ1v) is 6.98. The van der Waals surface area contributed by atoms with Crippen molar-refractivity contribution in [3.05, 3.63) is 48.6 Å². The van der Waals surface area contributed by atoms with E-state index in [1.54, 1.807) is 12.1 Å². The molecule has 0 saturated carbocycles. The van der Waals surface area contributed by atoms with Gasteiger partial charge in [0, 0.05) is 6.54 Å². The summed E-state index contributed by atoms with van der Waals surface area (Å²) in [5, 5.41) is 5.75. The fraction of sp³-hybridized carbons (Fsp3) is 0.125. The lowest BCUT2D eigenvalue weighted by atomic mass is 10.2. The first-order valence-electron chi connectivity index (χ1n) is 6.98. The quantitative estimate of drug-likeness (QED) is 0.732. The number of carbonyl (C=O) groups is 1. The van der Waals surface area contributed by atoms with Gasteiger partial charge in [-0.2, -0.15) is 0 Å². The predicted molar refractivity (Wildman–Crippen MR) is 87.4 cm³/mol. The highest BCUT2D eigenvalue weighted by atomic mass is 16.7. The van der Waals surface area contributed by atoms with E-state index in [9.17, 15) is 4.79 Å². The first-order chi connectivity index (χ1) is 11.2. The number of nitrogens with two attached hydrogens (primary N) is 1. The standard InChI is InChI=1S/C16H16N4O3/c1-2-15(21)19-11-4-6-14(20-16(11)17)18-8-10-3-5-12-13(7-10)23-9-22-12/h2-7H,1,8-9H2,(H,19,21)(H3,17,18,20). The van der Waals surface area contributed by atoms with Crippen LogP contribution in [0.2, 0.25) is 0 Å². The van der Waals surface area contributed by atoms with Gasteiger partial charge in [-0.1, -0.05) is 12.6 Å². The molecule has 118 valence electrons. The van der Waals surface area contributed by atoms with Crippen molar-refractivity contribution in [2.24, 2.45) is 0 Å². The fourth-order valence-electron chi connectivity index (χ4n) is 2.11. The number of nitrogen functional groups attached to an aromatic ring is 1. The van der Waals surface area contributed by atoms with Crippen molar-refractivity contribution in [2.75, 3.05) is 23.2 Å². The van der Waals surface area contributed by atoms with Crippen LogP contribution in [0.5, 0.6) is 11.5 Å². The zero-order valence-electron chi connectivity index (χ0n) is 12.3. The third-order valence-electron chi connectivity index (χ3n) is 3.28. The molecule has 0 saturated heterocycles. The highest BCUT2D eigenvalue weighted by Gasteiger charge is 2.13. The number of pyridine rings is 1. The number of nitrogens with zero attached hydrogens (tertiary/aromatic N) is 1.